The molecule has 1 aromatic rings. The van der Waals surface area contributed by atoms with E-state index in [0.717, 1.165) is 0 Å². The molecule has 0 aliphatic rings. The maximum Gasteiger partial charge on any atom is 0.337 e. The number of carboxylic acid groups (broad SMARTS) is 1. The summed E-state index contributed by atoms with van der Waals surface area (Å²) in [4.78, 5) is 12.7. The number of hydrogen-bond donors (Lipinski definition) is 1. The van der Waals surface area contributed by atoms with Gasteiger partial charge in [0.25, 0.3) is 0 Å². The van der Waals surface area contributed by atoms with Crippen molar-refractivity contribution in [3.05, 3.63) is 28.8 Å². The minimum atomic E-state index is -1.03. The lowest BCUT2D eigenvalue weighted by atomic mass is 10.1. The summed E-state index contributed by atoms with van der Waals surface area (Å²) in [7, 11) is 1.74. The molecule has 0 atom stereocenters. The summed E-state index contributed by atoms with van der Waals surface area (Å²) in [5.74, 6) is -1.03. The predicted octanol–water partition coefficient (Wildman–Crippen LogP) is 2.39. The van der Waals surface area contributed by atoms with Gasteiger partial charge in [-0.25, -0.2) is 4.79 Å². The van der Waals surface area contributed by atoms with Crippen LogP contribution in [0.5, 0.6) is 0 Å². The van der Waals surface area contributed by atoms with Gasteiger partial charge < -0.3 is 10.0 Å². The molecular weight excluding hydrogens is 228 g/mol. The third-order valence-corrected chi connectivity index (χ3v) is 2.39. The van der Waals surface area contributed by atoms with Crippen molar-refractivity contribution in [2.45, 2.75) is 6.42 Å². The molecule has 1 N–H and O–H groups in total. The van der Waals surface area contributed by atoms with Crippen LogP contribution in [0.4, 0.5) is 5.69 Å². The average molecular weight is 239 g/mol. The van der Waals surface area contributed by atoms with Crippen molar-refractivity contribution in [1.29, 1.82) is 5.26 Å². The van der Waals surface area contributed by atoms with Crippen LogP contribution >= 0.6 is 11.6 Å². The number of aromatic carboxylic acids is 1. The number of nitriles is 1. The monoisotopic (exact) mass is 238 g/mol. The molecule has 0 aliphatic carbocycles. The highest BCUT2D eigenvalue weighted by Crippen LogP contribution is 2.23. The van der Waals surface area contributed by atoms with E-state index in [-0.39, 0.29) is 5.56 Å². The first-order chi connectivity index (χ1) is 7.56. The van der Waals surface area contributed by atoms with Gasteiger partial charge in [0.2, 0.25) is 0 Å². The van der Waals surface area contributed by atoms with Gasteiger partial charge in [-0.3, -0.25) is 0 Å². The molecule has 0 heterocycles. The Morgan fingerprint density at radius 2 is 2.31 bits per heavy atom. The molecule has 0 bridgehead atoms. The molecule has 0 aliphatic heterocycles. The highest BCUT2D eigenvalue weighted by molar-refractivity contribution is 6.31. The van der Waals surface area contributed by atoms with E-state index in [1.807, 2.05) is 6.07 Å². The molecule has 0 amide bonds. The fourth-order valence-electron chi connectivity index (χ4n) is 1.35. The summed E-state index contributed by atoms with van der Waals surface area (Å²) in [6.45, 7) is 0.485. The van der Waals surface area contributed by atoms with Gasteiger partial charge in [-0.2, -0.15) is 5.26 Å². The molecule has 0 unspecified atom stereocenters. The Kier molecular flexibility index (Phi) is 4.15. The van der Waals surface area contributed by atoms with Gasteiger partial charge in [0, 0.05) is 18.6 Å². The van der Waals surface area contributed by atoms with Crippen LogP contribution in [-0.4, -0.2) is 24.7 Å². The minimum Gasteiger partial charge on any atom is -0.478 e. The molecule has 4 nitrogen and oxygen atoms in total. The zero-order chi connectivity index (χ0) is 12.1. The van der Waals surface area contributed by atoms with Crippen LogP contribution in [0.3, 0.4) is 0 Å². The smallest absolute Gasteiger partial charge is 0.337 e. The summed E-state index contributed by atoms with van der Waals surface area (Å²) >= 11 is 5.74. The molecule has 16 heavy (non-hydrogen) atoms. The van der Waals surface area contributed by atoms with E-state index >= 15 is 0 Å². The lowest BCUT2D eigenvalue weighted by Gasteiger charge is -2.19. The number of carbonyl (C=O) groups is 1. The Bertz CT molecular complexity index is 440. The number of carboxylic acids is 1. The molecule has 0 spiro atoms. The fraction of sp³-hybridized carbons (Fsp3) is 0.273. The Morgan fingerprint density at radius 3 is 2.88 bits per heavy atom. The van der Waals surface area contributed by atoms with Crippen LogP contribution in [0.15, 0.2) is 18.2 Å². The highest BCUT2D eigenvalue weighted by Gasteiger charge is 2.13. The van der Waals surface area contributed by atoms with Crippen LogP contribution < -0.4 is 4.90 Å². The Labute approximate surface area is 98.7 Å². The molecule has 1 rings (SSSR count). The molecular formula is C11H11ClN2O2. The third kappa shape index (κ3) is 2.88. The number of benzene rings is 1. The van der Waals surface area contributed by atoms with Crippen LogP contribution in [0.25, 0.3) is 0 Å². The standard InChI is InChI=1S/C11H11ClN2O2/c1-14(6-2-5-13)10-4-3-8(12)7-9(10)11(15)16/h3-4,7H,2,6H2,1H3,(H,15,16). The zero-order valence-corrected chi connectivity index (χ0v) is 9.53. The lowest BCUT2D eigenvalue weighted by Crippen LogP contribution is -2.20. The summed E-state index contributed by atoms with van der Waals surface area (Å²) in [5.41, 5.74) is 0.708. The van der Waals surface area contributed by atoms with Gasteiger partial charge in [-0.1, -0.05) is 11.6 Å². The molecule has 0 saturated carbocycles. The number of halogens is 1. The first kappa shape index (κ1) is 12.3. The van der Waals surface area contributed by atoms with Crippen LogP contribution in [0.2, 0.25) is 5.02 Å². The van der Waals surface area contributed by atoms with Gasteiger partial charge in [0.05, 0.1) is 23.7 Å². The minimum absolute atomic E-state index is 0.146. The van der Waals surface area contributed by atoms with Gasteiger partial charge in [0.1, 0.15) is 0 Å². The van der Waals surface area contributed by atoms with Gasteiger partial charge >= 0.3 is 5.97 Å². The van der Waals surface area contributed by atoms with Crippen LogP contribution in [-0.2, 0) is 0 Å². The van der Waals surface area contributed by atoms with E-state index in [2.05, 4.69) is 0 Å². The van der Waals surface area contributed by atoms with E-state index in [9.17, 15) is 4.79 Å². The van der Waals surface area contributed by atoms with E-state index in [1.54, 1.807) is 24.1 Å². The van der Waals surface area contributed by atoms with E-state index in [0.29, 0.717) is 23.7 Å². The van der Waals surface area contributed by atoms with Crippen LogP contribution in [0.1, 0.15) is 16.8 Å². The molecule has 0 fully saturated rings. The summed E-state index contributed by atoms with van der Waals surface area (Å²) in [6, 6.07) is 6.69. The van der Waals surface area contributed by atoms with Crippen molar-refractivity contribution in [3.63, 3.8) is 0 Å². The predicted molar refractivity (Wildman–Crippen MR) is 61.9 cm³/mol. The van der Waals surface area contributed by atoms with Crippen LogP contribution in [0, 0.1) is 11.3 Å². The highest BCUT2D eigenvalue weighted by atomic mass is 35.5. The topological polar surface area (TPSA) is 64.3 Å². The van der Waals surface area contributed by atoms with E-state index < -0.39 is 5.97 Å². The van der Waals surface area contributed by atoms with Gasteiger partial charge in [-0.05, 0) is 18.2 Å². The van der Waals surface area contributed by atoms with Crippen molar-refractivity contribution in [2.24, 2.45) is 0 Å². The van der Waals surface area contributed by atoms with E-state index in [4.69, 9.17) is 22.0 Å². The summed E-state index contributed by atoms with van der Waals surface area (Å²) < 4.78 is 0. The zero-order valence-electron chi connectivity index (χ0n) is 8.77. The third-order valence-electron chi connectivity index (χ3n) is 2.16. The second kappa shape index (κ2) is 5.38. The Hall–Kier alpha value is -1.73. The average Bonchev–Trinajstić information content (AvgIpc) is 2.25. The van der Waals surface area contributed by atoms with Crippen molar-refractivity contribution < 1.29 is 9.90 Å². The first-order valence-electron chi connectivity index (χ1n) is 4.67. The first-order valence-corrected chi connectivity index (χ1v) is 5.05. The molecule has 0 aromatic heterocycles. The maximum absolute atomic E-state index is 11.0. The van der Waals surface area contributed by atoms with Gasteiger partial charge in [-0.15, -0.1) is 0 Å². The van der Waals surface area contributed by atoms with E-state index in [1.165, 1.54) is 6.07 Å². The fourth-order valence-corrected chi connectivity index (χ4v) is 1.52. The summed E-state index contributed by atoms with van der Waals surface area (Å²) in [5, 5.41) is 17.9. The van der Waals surface area contributed by atoms with Gasteiger partial charge in [0.15, 0.2) is 0 Å². The summed E-state index contributed by atoms with van der Waals surface area (Å²) in [6.07, 6.45) is 0.345. The van der Waals surface area contributed by atoms with Crippen molar-refractivity contribution in [1.82, 2.24) is 0 Å². The number of nitrogens with zero attached hydrogens (tertiary/aromatic N) is 2. The normalized spacial score (nSPS) is 9.56. The SMILES string of the molecule is CN(CCC#N)c1ccc(Cl)cc1C(=O)O. The molecule has 1 aromatic carbocycles. The Balaban J connectivity index is 3.03. The lowest BCUT2D eigenvalue weighted by molar-refractivity contribution is 0.0697. The molecule has 5 heteroatoms. The largest absolute Gasteiger partial charge is 0.478 e. The number of hydrogen-bond acceptors (Lipinski definition) is 3. The Morgan fingerprint density at radius 1 is 1.62 bits per heavy atom. The van der Waals surface area contributed by atoms with Crippen molar-refractivity contribution >= 4 is 23.3 Å². The van der Waals surface area contributed by atoms with Crippen molar-refractivity contribution in [2.75, 3.05) is 18.5 Å². The molecule has 0 saturated heterocycles. The number of anilines is 1. The molecule has 84 valence electrons. The second-order valence-electron chi connectivity index (χ2n) is 3.30. The number of rotatable bonds is 4. The quantitative estimate of drug-likeness (QED) is 0.875. The second-order valence-corrected chi connectivity index (χ2v) is 3.73. The molecule has 0 radical (unpaired) electrons. The van der Waals surface area contributed by atoms with Crippen molar-refractivity contribution in [3.8, 4) is 6.07 Å². The maximum atomic E-state index is 11.0.